The Bertz CT molecular complexity index is 3540. The van der Waals surface area contributed by atoms with E-state index in [1.54, 1.807) is 0 Å². The van der Waals surface area contributed by atoms with Crippen LogP contribution < -0.4 is 0 Å². The van der Waals surface area contributed by atoms with Gasteiger partial charge in [-0.1, -0.05) is 170 Å². The Morgan fingerprint density at radius 1 is 0.371 bits per heavy atom. The number of hydrogen-bond donors (Lipinski definition) is 0. The van der Waals surface area contributed by atoms with E-state index in [9.17, 15) is 0 Å². The number of hydrogen-bond acceptors (Lipinski definition) is 4. The summed E-state index contributed by atoms with van der Waals surface area (Å²) in [6.07, 6.45) is 8.29. The van der Waals surface area contributed by atoms with Gasteiger partial charge in [0.25, 0.3) is 0 Å². The number of benzene rings is 9. The van der Waals surface area contributed by atoms with E-state index >= 15 is 0 Å². The zero-order chi connectivity index (χ0) is 41.4. The monoisotopic (exact) mass is 793 g/mol. The summed E-state index contributed by atoms with van der Waals surface area (Å²) in [5, 5.41) is 6.91. The molecule has 0 aliphatic carbocycles. The molecular weight excluding hydrogens is 755 g/mol. The maximum absolute atomic E-state index is 6.50. The van der Waals surface area contributed by atoms with Gasteiger partial charge in [-0.25, -0.2) is 15.0 Å². The van der Waals surface area contributed by atoms with E-state index < -0.39 is 0 Å². The molecule has 0 aliphatic rings. The van der Waals surface area contributed by atoms with Crippen molar-refractivity contribution in [1.82, 2.24) is 15.0 Å². The summed E-state index contributed by atoms with van der Waals surface area (Å²) in [5.74, 6) is 1.83. The van der Waals surface area contributed by atoms with Crippen LogP contribution in [-0.2, 0) is 0 Å². The Hall–Kier alpha value is -8.21. The molecule has 0 bridgehead atoms. The number of allylic oxidation sites excluding steroid dienone is 3. The van der Waals surface area contributed by atoms with Gasteiger partial charge in [-0.05, 0) is 116 Å². The largest absolute Gasteiger partial charge is 0.456 e. The van der Waals surface area contributed by atoms with Crippen molar-refractivity contribution in [3.8, 4) is 67.5 Å². The highest BCUT2D eigenvalue weighted by Crippen LogP contribution is 2.40. The number of rotatable bonds is 8. The lowest BCUT2D eigenvalue weighted by Crippen LogP contribution is -2.01. The van der Waals surface area contributed by atoms with Crippen LogP contribution in [0.1, 0.15) is 12.5 Å². The average molecular weight is 794 g/mol. The predicted octanol–water partition coefficient (Wildman–Crippen LogP) is 15.7. The molecule has 62 heavy (non-hydrogen) atoms. The standard InChI is InChI=1S/C58H39N3O/c1-2-3-5-20-46-36-47(50-23-13-24-54-55(50)52-37-45(30-32-53(52)62-54)44-27-25-39-16-8-10-18-41(39)33-44)29-31-51(46)58-60-56(48-22-12-21-43(34-48)38-14-6-4-7-15-38)59-57(61-58)49-28-26-40-17-9-11-19-42(40)35-49/h2-37H,1H3/b3-2-,20-5-. The summed E-state index contributed by atoms with van der Waals surface area (Å²) in [5.41, 5.74) is 12.2. The van der Waals surface area contributed by atoms with Crippen LogP contribution in [0.15, 0.2) is 217 Å². The Morgan fingerprint density at radius 2 is 0.952 bits per heavy atom. The highest BCUT2D eigenvalue weighted by atomic mass is 16.3. The van der Waals surface area contributed by atoms with E-state index in [-0.39, 0.29) is 0 Å². The lowest BCUT2D eigenvalue weighted by Gasteiger charge is -2.13. The van der Waals surface area contributed by atoms with Gasteiger partial charge >= 0.3 is 0 Å². The molecule has 11 rings (SSSR count). The second-order valence-corrected chi connectivity index (χ2v) is 15.6. The highest BCUT2D eigenvalue weighted by molar-refractivity contribution is 6.13. The second kappa shape index (κ2) is 15.8. The van der Waals surface area contributed by atoms with Gasteiger partial charge < -0.3 is 4.42 Å². The van der Waals surface area contributed by atoms with Gasteiger partial charge in [-0.15, -0.1) is 0 Å². The Labute approximate surface area is 359 Å². The lowest BCUT2D eigenvalue weighted by molar-refractivity contribution is 0.669. The quantitative estimate of drug-likeness (QED) is 0.144. The predicted molar refractivity (Wildman–Crippen MR) is 259 cm³/mol. The fourth-order valence-electron chi connectivity index (χ4n) is 8.51. The topological polar surface area (TPSA) is 51.8 Å². The Morgan fingerprint density at radius 3 is 1.73 bits per heavy atom. The number of fused-ring (bicyclic) bond motifs is 5. The van der Waals surface area contributed by atoms with Gasteiger partial charge in [0, 0.05) is 27.5 Å². The molecule has 4 nitrogen and oxygen atoms in total. The molecule has 0 amide bonds. The van der Waals surface area contributed by atoms with Crippen LogP contribution >= 0.6 is 0 Å². The first-order valence-corrected chi connectivity index (χ1v) is 20.9. The minimum atomic E-state index is 0.599. The van der Waals surface area contributed by atoms with Gasteiger partial charge in [-0.3, -0.25) is 0 Å². The summed E-state index contributed by atoms with van der Waals surface area (Å²) in [6, 6.07) is 68.2. The molecule has 0 fully saturated rings. The maximum Gasteiger partial charge on any atom is 0.164 e. The zero-order valence-corrected chi connectivity index (χ0v) is 34.0. The summed E-state index contributed by atoms with van der Waals surface area (Å²) < 4.78 is 6.50. The van der Waals surface area contributed by atoms with E-state index in [2.05, 4.69) is 200 Å². The third kappa shape index (κ3) is 6.94. The molecule has 0 radical (unpaired) electrons. The van der Waals surface area contributed by atoms with Gasteiger partial charge in [-0.2, -0.15) is 0 Å². The molecule has 0 atom stereocenters. The summed E-state index contributed by atoms with van der Waals surface area (Å²) in [4.78, 5) is 15.6. The molecule has 2 heterocycles. The van der Waals surface area contributed by atoms with Crippen molar-refractivity contribution in [2.24, 2.45) is 0 Å². The molecule has 11 aromatic rings. The van der Waals surface area contributed by atoms with Crippen LogP contribution in [0.25, 0.3) is 117 Å². The first kappa shape index (κ1) is 36.8. The Kier molecular flexibility index (Phi) is 9.36. The first-order valence-electron chi connectivity index (χ1n) is 20.9. The molecule has 0 spiro atoms. The van der Waals surface area contributed by atoms with Crippen LogP contribution in [0.5, 0.6) is 0 Å². The molecule has 292 valence electrons. The van der Waals surface area contributed by atoms with Crippen molar-refractivity contribution >= 4 is 49.6 Å². The van der Waals surface area contributed by atoms with Crippen molar-refractivity contribution in [1.29, 1.82) is 0 Å². The summed E-state index contributed by atoms with van der Waals surface area (Å²) in [7, 11) is 0. The average Bonchev–Trinajstić information content (AvgIpc) is 3.72. The number of nitrogens with zero attached hydrogens (tertiary/aromatic N) is 3. The van der Waals surface area contributed by atoms with E-state index in [1.807, 2.05) is 25.1 Å². The molecule has 0 saturated heterocycles. The molecule has 0 aliphatic heterocycles. The minimum Gasteiger partial charge on any atom is -0.456 e. The third-order valence-electron chi connectivity index (χ3n) is 11.6. The van der Waals surface area contributed by atoms with E-state index in [1.165, 1.54) is 21.7 Å². The second-order valence-electron chi connectivity index (χ2n) is 15.6. The van der Waals surface area contributed by atoms with Crippen molar-refractivity contribution in [2.45, 2.75) is 6.92 Å². The van der Waals surface area contributed by atoms with Crippen molar-refractivity contribution in [3.05, 3.63) is 218 Å². The molecule has 4 heteroatoms. The number of aromatic nitrogens is 3. The summed E-state index contributed by atoms with van der Waals surface area (Å²) >= 11 is 0. The van der Waals surface area contributed by atoms with Gasteiger partial charge in [0.05, 0.1) is 0 Å². The SMILES string of the molecule is C/C=C\C=C/c1cc(-c2cccc3oc4ccc(-c5ccc6ccccc6c5)cc4c23)ccc1-c1nc(-c2cccc(-c3ccccc3)c2)nc(-c2ccc3ccccc3c2)n1. The molecular formula is C58H39N3O. The van der Waals surface area contributed by atoms with Crippen LogP contribution in [-0.4, -0.2) is 15.0 Å². The lowest BCUT2D eigenvalue weighted by atomic mass is 9.94. The highest BCUT2D eigenvalue weighted by Gasteiger charge is 2.18. The first-order chi connectivity index (χ1) is 30.6. The van der Waals surface area contributed by atoms with E-state index in [0.717, 1.165) is 77.4 Å². The van der Waals surface area contributed by atoms with Crippen LogP contribution in [0.3, 0.4) is 0 Å². The smallest absolute Gasteiger partial charge is 0.164 e. The summed E-state index contributed by atoms with van der Waals surface area (Å²) in [6.45, 7) is 2.02. The molecule has 0 unspecified atom stereocenters. The zero-order valence-electron chi connectivity index (χ0n) is 34.0. The van der Waals surface area contributed by atoms with Gasteiger partial charge in [0.1, 0.15) is 11.2 Å². The molecule has 9 aromatic carbocycles. The number of furan rings is 1. The minimum absolute atomic E-state index is 0.599. The molecule has 0 saturated carbocycles. The Balaban J connectivity index is 1.07. The van der Waals surface area contributed by atoms with E-state index in [4.69, 9.17) is 19.4 Å². The van der Waals surface area contributed by atoms with Gasteiger partial charge in [0.15, 0.2) is 17.5 Å². The van der Waals surface area contributed by atoms with Gasteiger partial charge in [0.2, 0.25) is 0 Å². The normalized spacial score (nSPS) is 11.8. The van der Waals surface area contributed by atoms with Crippen LogP contribution in [0.2, 0.25) is 0 Å². The van der Waals surface area contributed by atoms with Crippen molar-refractivity contribution in [2.75, 3.05) is 0 Å². The van der Waals surface area contributed by atoms with Crippen molar-refractivity contribution in [3.63, 3.8) is 0 Å². The third-order valence-corrected chi connectivity index (χ3v) is 11.6. The molecule has 2 aromatic heterocycles. The van der Waals surface area contributed by atoms with Crippen molar-refractivity contribution < 1.29 is 4.42 Å². The molecule has 0 N–H and O–H groups in total. The van der Waals surface area contributed by atoms with Crippen LogP contribution in [0.4, 0.5) is 0 Å². The fourth-order valence-corrected chi connectivity index (χ4v) is 8.51. The van der Waals surface area contributed by atoms with Crippen LogP contribution in [0, 0.1) is 0 Å². The fraction of sp³-hybridized carbons (Fsp3) is 0.0172. The maximum atomic E-state index is 6.50. The van der Waals surface area contributed by atoms with E-state index in [0.29, 0.717) is 17.5 Å².